The van der Waals surface area contributed by atoms with Crippen LogP contribution >= 0.6 is 15.6 Å². The van der Waals surface area contributed by atoms with Crippen LogP contribution in [-0.4, -0.2) is 96.7 Å². The fourth-order valence-corrected chi connectivity index (χ4v) is 11.9. The number of unbranched alkanes of at least 4 members (excludes halogenated alkanes) is 35. The Hall–Kier alpha value is -1.94. The third-order valence-electron chi connectivity index (χ3n) is 15.9. The van der Waals surface area contributed by atoms with Gasteiger partial charge in [-0.15, -0.1) is 0 Å². The van der Waals surface area contributed by atoms with Gasteiger partial charge in [0.25, 0.3) is 0 Å². The van der Waals surface area contributed by atoms with E-state index in [4.69, 9.17) is 37.0 Å². The summed E-state index contributed by atoms with van der Waals surface area (Å²) in [5.41, 5.74) is 0. The Morgan fingerprint density at radius 1 is 0.307 bits per heavy atom. The Labute approximate surface area is 537 Å². The number of hydrogen-bond donors (Lipinski definition) is 3. The Morgan fingerprint density at radius 2 is 0.523 bits per heavy atom. The molecule has 19 heteroatoms. The Morgan fingerprint density at radius 3 is 0.773 bits per heavy atom. The molecule has 5 atom stereocenters. The van der Waals surface area contributed by atoms with Crippen molar-refractivity contribution in [1.29, 1.82) is 0 Å². The molecule has 0 rings (SSSR count). The highest BCUT2D eigenvalue weighted by atomic mass is 31.2. The average molecular weight is 1300 g/mol. The van der Waals surface area contributed by atoms with Gasteiger partial charge in [-0.05, 0) is 43.4 Å². The van der Waals surface area contributed by atoms with Crippen molar-refractivity contribution in [3.63, 3.8) is 0 Å². The second-order valence-electron chi connectivity index (χ2n) is 26.3. The van der Waals surface area contributed by atoms with Gasteiger partial charge in [-0.3, -0.25) is 37.3 Å². The highest BCUT2D eigenvalue weighted by Gasteiger charge is 2.30. The monoisotopic (exact) mass is 1300 g/mol. The number of phosphoric acid groups is 2. The standard InChI is InChI=1S/C69H134O17P2/c1-8-9-10-33-43-50-66(71)79-56-64(86-69(74)53-46-39-32-31-36-42-49-62(6)7)58-83-87(75,76)81-54-63(70)55-82-88(77,78)84-59-65(85-68(73)52-45-38-30-26-22-18-14-12-16-20-24-28-35-41-48-61(4)5)57-80-67(72)51-44-37-29-25-21-17-13-11-15-19-23-27-34-40-47-60(2)3/h60-65,70H,8-59H2,1-7H3,(H,75,76)(H,77,78)/t63-,64+,65+/m0/s1. The lowest BCUT2D eigenvalue weighted by Crippen LogP contribution is -2.30. The maximum atomic E-state index is 13.0. The quantitative estimate of drug-likeness (QED) is 0.0222. The zero-order valence-corrected chi connectivity index (χ0v) is 59.0. The van der Waals surface area contributed by atoms with E-state index in [1.807, 2.05) is 0 Å². The number of ether oxygens (including phenoxy) is 4. The molecule has 0 saturated carbocycles. The third kappa shape index (κ3) is 62.8. The highest BCUT2D eigenvalue weighted by Crippen LogP contribution is 2.45. The van der Waals surface area contributed by atoms with Crippen LogP contribution in [0.25, 0.3) is 0 Å². The van der Waals surface area contributed by atoms with Gasteiger partial charge in [-0.1, -0.05) is 292 Å². The first-order valence-corrected chi connectivity index (χ1v) is 38.8. The van der Waals surface area contributed by atoms with Crippen molar-refractivity contribution in [2.75, 3.05) is 39.6 Å². The van der Waals surface area contributed by atoms with Crippen molar-refractivity contribution >= 4 is 39.5 Å². The van der Waals surface area contributed by atoms with Crippen LogP contribution in [0, 0.1) is 17.8 Å². The van der Waals surface area contributed by atoms with Crippen LogP contribution in [0.3, 0.4) is 0 Å². The van der Waals surface area contributed by atoms with Crippen LogP contribution in [0.2, 0.25) is 0 Å². The summed E-state index contributed by atoms with van der Waals surface area (Å²) < 4.78 is 68.0. The molecule has 0 spiro atoms. The number of phosphoric ester groups is 2. The molecular formula is C69H134O17P2. The van der Waals surface area contributed by atoms with E-state index in [2.05, 4.69) is 48.5 Å². The molecule has 0 aromatic carbocycles. The molecule has 0 aromatic rings. The Kier molecular flexibility index (Phi) is 58.7. The minimum Gasteiger partial charge on any atom is -0.462 e. The van der Waals surface area contributed by atoms with E-state index in [0.717, 1.165) is 108 Å². The number of aliphatic hydroxyl groups excluding tert-OH is 1. The number of aliphatic hydroxyl groups is 1. The summed E-state index contributed by atoms with van der Waals surface area (Å²) in [4.78, 5) is 72.2. The number of esters is 4. The van der Waals surface area contributed by atoms with E-state index in [9.17, 15) is 43.2 Å². The van der Waals surface area contributed by atoms with Crippen LogP contribution in [-0.2, 0) is 65.4 Å². The van der Waals surface area contributed by atoms with Gasteiger partial charge in [-0.25, -0.2) is 9.13 Å². The molecule has 88 heavy (non-hydrogen) atoms. The number of hydrogen-bond acceptors (Lipinski definition) is 15. The van der Waals surface area contributed by atoms with E-state index in [-0.39, 0.29) is 25.7 Å². The maximum Gasteiger partial charge on any atom is 0.472 e. The highest BCUT2D eigenvalue weighted by molar-refractivity contribution is 7.47. The number of carbonyl (C=O) groups excluding carboxylic acids is 4. The molecule has 0 aliphatic rings. The minimum atomic E-state index is -4.95. The van der Waals surface area contributed by atoms with Crippen LogP contribution < -0.4 is 0 Å². The zero-order valence-electron chi connectivity index (χ0n) is 57.2. The fraction of sp³-hybridized carbons (Fsp3) is 0.942. The first kappa shape index (κ1) is 86.1. The molecule has 2 unspecified atom stereocenters. The van der Waals surface area contributed by atoms with Gasteiger partial charge in [0, 0.05) is 25.7 Å². The third-order valence-corrected chi connectivity index (χ3v) is 17.8. The smallest absolute Gasteiger partial charge is 0.462 e. The topological polar surface area (TPSA) is 237 Å². The molecule has 0 aliphatic heterocycles. The van der Waals surface area contributed by atoms with Gasteiger partial charge in [0.15, 0.2) is 12.2 Å². The van der Waals surface area contributed by atoms with Gasteiger partial charge in [-0.2, -0.15) is 0 Å². The summed E-state index contributed by atoms with van der Waals surface area (Å²) >= 11 is 0. The first-order valence-electron chi connectivity index (χ1n) is 35.8. The van der Waals surface area contributed by atoms with E-state index < -0.39 is 97.5 Å². The van der Waals surface area contributed by atoms with Crippen molar-refractivity contribution in [1.82, 2.24) is 0 Å². The summed E-state index contributed by atoms with van der Waals surface area (Å²) in [6.45, 7) is 11.7. The maximum absolute atomic E-state index is 13.0. The van der Waals surface area contributed by atoms with E-state index in [0.29, 0.717) is 31.6 Å². The fourth-order valence-electron chi connectivity index (χ4n) is 10.4. The van der Waals surface area contributed by atoms with E-state index in [1.165, 1.54) is 148 Å². The Bertz CT molecular complexity index is 1730. The number of rotatable bonds is 67. The summed E-state index contributed by atoms with van der Waals surface area (Å²) in [5, 5.41) is 10.5. The van der Waals surface area contributed by atoms with Crippen molar-refractivity contribution in [3.8, 4) is 0 Å². The molecule has 0 amide bonds. The van der Waals surface area contributed by atoms with Crippen LogP contribution in [0.4, 0.5) is 0 Å². The first-order chi connectivity index (χ1) is 42.2. The molecule has 0 heterocycles. The van der Waals surface area contributed by atoms with Crippen LogP contribution in [0.15, 0.2) is 0 Å². The van der Waals surface area contributed by atoms with Gasteiger partial charge in [0.2, 0.25) is 0 Å². The van der Waals surface area contributed by atoms with Crippen molar-refractivity contribution in [3.05, 3.63) is 0 Å². The molecule has 3 N–H and O–H groups in total. The zero-order chi connectivity index (χ0) is 65.2. The second-order valence-corrected chi connectivity index (χ2v) is 29.3. The van der Waals surface area contributed by atoms with Crippen molar-refractivity contribution in [2.24, 2.45) is 17.8 Å². The molecule has 522 valence electrons. The van der Waals surface area contributed by atoms with Crippen molar-refractivity contribution in [2.45, 2.75) is 362 Å². The summed E-state index contributed by atoms with van der Waals surface area (Å²) in [6, 6.07) is 0. The van der Waals surface area contributed by atoms with Crippen LogP contribution in [0.5, 0.6) is 0 Å². The second kappa shape index (κ2) is 60.0. The van der Waals surface area contributed by atoms with Crippen molar-refractivity contribution < 1.29 is 80.2 Å². The SMILES string of the molecule is CCCCCCCC(=O)OC[C@H](COP(=O)(O)OC[C@H](O)COP(=O)(O)OC[C@@H](COC(=O)CCCCCCCCCCCCCCCCC(C)C)OC(=O)CCCCCCCCCCCCCCCCC(C)C)OC(=O)CCCCCCCCC(C)C. The predicted octanol–water partition coefficient (Wildman–Crippen LogP) is 19.5. The predicted molar refractivity (Wildman–Crippen MR) is 354 cm³/mol. The summed E-state index contributed by atoms with van der Waals surface area (Å²) in [5.74, 6) is 0.121. The van der Waals surface area contributed by atoms with Gasteiger partial charge < -0.3 is 33.8 Å². The van der Waals surface area contributed by atoms with Gasteiger partial charge >= 0.3 is 39.5 Å². The Balaban J connectivity index is 5.15. The molecule has 0 fully saturated rings. The molecule has 0 saturated heterocycles. The van der Waals surface area contributed by atoms with Gasteiger partial charge in [0.05, 0.1) is 26.4 Å². The number of carbonyl (C=O) groups is 4. The molecule has 0 bridgehead atoms. The minimum absolute atomic E-state index is 0.101. The van der Waals surface area contributed by atoms with E-state index >= 15 is 0 Å². The molecule has 17 nitrogen and oxygen atoms in total. The summed E-state index contributed by atoms with van der Waals surface area (Å²) in [6.07, 6.45) is 43.7. The largest absolute Gasteiger partial charge is 0.472 e. The molecule has 0 aliphatic carbocycles. The lowest BCUT2D eigenvalue weighted by molar-refractivity contribution is -0.161. The molecule has 0 aromatic heterocycles. The van der Waals surface area contributed by atoms with E-state index in [1.54, 1.807) is 0 Å². The van der Waals surface area contributed by atoms with Gasteiger partial charge in [0.1, 0.15) is 19.3 Å². The lowest BCUT2D eigenvalue weighted by atomic mass is 10.0. The normalized spacial score (nSPS) is 14.2. The average Bonchev–Trinajstić information content (AvgIpc) is 3.52. The molecule has 0 radical (unpaired) electrons. The lowest BCUT2D eigenvalue weighted by Gasteiger charge is -2.21. The molecular weight excluding hydrogens is 1160 g/mol. The van der Waals surface area contributed by atoms with Crippen LogP contribution in [0.1, 0.15) is 344 Å². The summed E-state index contributed by atoms with van der Waals surface area (Å²) in [7, 11) is -9.89.